The van der Waals surface area contributed by atoms with E-state index in [9.17, 15) is 14.4 Å². The molecule has 0 aromatic heterocycles. The number of carbonyl (C=O) groups is 3. The van der Waals surface area contributed by atoms with E-state index in [1.807, 2.05) is 35.6 Å². The number of rotatable bonds is 9. The highest BCUT2D eigenvalue weighted by Crippen LogP contribution is 2.18. The molecule has 2 aromatic rings. The lowest BCUT2D eigenvalue weighted by Gasteiger charge is -2.10. The van der Waals surface area contributed by atoms with Crippen molar-refractivity contribution in [2.24, 2.45) is 0 Å². The van der Waals surface area contributed by atoms with Crippen molar-refractivity contribution in [1.82, 2.24) is 10.6 Å². The van der Waals surface area contributed by atoms with Crippen molar-refractivity contribution in [3.63, 3.8) is 0 Å². The van der Waals surface area contributed by atoms with Gasteiger partial charge in [-0.05, 0) is 43.7 Å². The SMILES string of the molecule is CC(C)NC(=O)NC(=O)COC(=O)COc1ccc(OCc2ccccc2)cc1. The van der Waals surface area contributed by atoms with Gasteiger partial charge in [0.2, 0.25) is 0 Å². The smallest absolute Gasteiger partial charge is 0.344 e. The van der Waals surface area contributed by atoms with Crippen LogP contribution in [0.5, 0.6) is 11.5 Å². The standard InChI is InChI=1S/C21H24N2O6/c1-15(2)22-21(26)23-19(24)13-29-20(25)14-28-18-10-8-17(9-11-18)27-12-16-6-4-3-5-7-16/h3-11,15H,12-14H2,1-2H3,(H2,22,23,24,26). The van der Waals surface area contributed by atoms with Crippen molar-refractivity contribution in [2.75, 3.05) is 13.2 Å². The normalized spacial score (nSPS) is 10.2. The van der Waals surface area contributed by atoms with Gasteiger partial charge in [-0.25, -0.2) is 9.59 Å². The van der Waals surface area contributed by atoms with E-state index in [-0.39, 0.29) is 12.6 Å². The molecule has 29 heavy (non-hydrogen) atoms. The second kappa shape index (κ2) is 11.3. The fraction of sp³-hybridized carbons (Fsp3) is 0.286. The molecule has 0 spiro atoms. The van der Waals surface area contributed by atoms with Crippen LogP contribution < -0.4 is 20.1 Å². The lowest BCUT2D eigenvalue weighted by atomic mass is 10.2. The number of hydrogen-bond donors (Lipinski definition) is 2. The summed E-state index contributed by atoms with van der Waals surface area (Å²) < 4.78 is 15.7. The fourth-order valence-electron chi connectivity index (χ4n) is 2.16. The van der Waals surface area contributed by atoms with Crippen LogP contribution in [0.25, 0.3) is 0 Å². The highest BCUT2D eigenvalue weighted by molar-refractivity contribution is 5.95. The molecule has 2 N–H and O–H groups in total. The third kappa shape index (κ3) is 8.79. The quantitative estimate of drug-likeness (QED) is 0.627. The van der Waals surface area contributed by atoms with Crippen molar-refractivity contribution in [3.05, 3.63) is 60.2 Å². The van der Waals surface area contributed by atoms with E-state index >= 15 is 0 Å². The van der Waals surface area contributed by atoms with Crippen molar-refractivity contribution >= 4 is 17.9 Å². The van der Waals surface area contributed by atoms with E-state index in [1.54, 1.807) is 38.1 Å². The summed E-state index contributed by atoms with van der Waals surface area (Å²) in [5, 5.41) is 4.53. The van der Waals surface area contributed by atoms with E-state index < -0.39 is 24.5 Å². The minimum atomic E-state index is -0.728. The topological polar surface area (TPSA) is 103 Å². The summed E-state index contributed by atoms with van der Waals surface area (Å²) in [4.78, 5) is 34.5. The molecule has 0 aliphatic heterocycles. The monoisotopic (exact) mass is 400 g/mol. The number of amides is 3. The number of imide groups is 1. The molecule has 3 amide bonds. The summed E-state index contributed by atoms with van der Waals surface area (Å²) in [6.45, 7) is 3.02. The minimum absolute atomic E-state index is 0.117. The summed E-state index contributed by atoms with van der Waals surface area (Å²) in [5.41, 5.74) is 1.06. The van der Waals surface area contributed by atoms with E-state index in [1.165, 1.54) is 0 Å². The molecule has 0 heterocycles. The minimum Gasteiger partial charge on any atom is -0.489 e. The van der Waals surface area contributed by atoms with Gasteiger partial charge in [-0.15, -0.1) is 0 Å². The van der Waals surface area contributed by atoms with Gasteiger partial charge >= 0.3 is 12.0 Å². The molecule has 0 radical (unpaired) electrons. The largest absolute Gasteiger partial charge is 0.489 e. The van der Waals surface area contributed by atoms with Crippen molar-refractivity contribution in [3.8, 4) is 11.5 Å². The molecular weight excluding hydrogens is 376 g/mol. The molecule has 0 fully saturated rings. The Bertz CT molecular complexity index is 806. The highest BCUT2D eigenvalue weighted by atomic mass is 16.6. The van der Waals surface area contributed by atoms with Gasteiger partial charge in [0, 0.05) is 6.04 Å². The molecule has 8 nitrogen and oxygen atoms in total. The van der Waals surface area contributed by atoms with Crippen LogP contribution in [0, 0.1) is 0 Å². The van der Waals surface area contributed by atoms with Crippen molar-refractivity contribution in [2.45, 2.75) is 26.5 Å². The van der Waals surface area contributed by atoms with Crippen LogP contribution in [-0.2, 0) is 20.9 Å². The Morgan fingerprint density at radius 2 is 1.48 bits per heavy atom. The Morgan fingerprint density at radius 1 is 0.862 bits per heavy atom. The van der Waals surface area contributed by atoms with Gasteiger partial charge in [0.15, 0.2) is 13.2 Å². The fourth-order valence-corrected chi connectivity index (χ4v) is 2.16. The molecular formula is C21H24N2O6. The molecule has 154 valence electrons. The van der Waals surface area contributed by atoms with Gasteiger partial charge in [-0.2, -0.15) is 0 Å². The van der Waals surface area contributed by atoms with E-state index in [4.69, 9.17) is 14.2 Å². The van der Waals surface area contributed by atoms with Crippen LogP contribution in [0.3, 0.4) is 0 Å². The Kier molecular flexibility index (Phi) is 8.50. The summed E-state index contributed by atoms with van der Waals surface area (Å²) in [7, 11) is 0. The highest BCUT2D eigenvalue weighted by Gasteiger charge is 2.12. The molecule has 0 aliphatic rings. The average Bonchev–Trinajstić information content (AvgIpc) is 2.70. The lowest BCUT2D eigenvalue weighted by Crippen LogP contribution is -2.44. The summed E-state index contributed by atoms with van der Waals surface area (Å²) in [6.07, 6.45) is 0. The maximum absolute atomic E-state index is 11.7. The van der Waals surface area contributed by atoms with Crippen LogP contribution in [0.1, 0.15) is 19.4 Å². The second-order valence-electron chi connectivity index (χ2n) is 6.37. The van der Waals surface area contributed by atoms with Crippen LogP contribution in [0.4, 0.5) is 4.79 Å². The van der Waals surface area contributed by atoms with E-state index in [0.29, 0.717) is 18.1 Å². The lowest BCUT2D eigenvalue weighted by molar-refractivity contribution is -0.150. The van der Waals surface area contributed by atoms with Gasteiger partial charge < -0.3 is 19.5 Å². The first-order valence-corrected chi connectivity index (χ1v) is 9.08. The molecule has 0 aliphatic carbocycles. The summed E-state index contributed by atoms with van der Waals surface area (Å²) >= 11 is 0. The molecule has 0 saturated heterocycles. The predicted molar refractivity (Wildman–Crippen MR) is 105 cm³/mol. The number of esters is 1. The number of carbonyl (C=O) groups excluding carboxylic acids is 3. The van der Waals surface area contributed by atoms with Crippen LogP contribution in [0.2, 0.25) is 0 Å². The number of benzene rings is 2. The number of ether oxygens (including phenoxy) is 3. The first kappa shape index (κ1) is 21.7. The average molecular weight is 400 g/mol. The maximum atomic E-state index is 11.7. The molecule has 0 atom stereocenters. The molecule has 0 bridgehead atoms. The third-order valence-corrected chi connectivity index (χ3v) is 3.47. The zero-order valence-corrected chi connectivity index (χ0v) is 16.3. The molecule has 0 saturated carbocycles. The Morgan fingerprint density at radius 3 is 2.10 bits per heavy atom. The number of hydrogen-bond acceptors (Lipinski definition) is 6. The summed E-state index contributed by atoms with van der Waals surface area (Å²) in [6, 6.07) is 15.8. The van der Waals surface area contributed by atoms with Crippen LogP contribution >= 0.6 is 0 Å². The van der Waals surface area contributed by atoms with Crippen LogP contribution in [0.15, 0.2) is 54.6 Å². The third-order valence-electron chi connectivity index (χ3n) is 3.47. The van der Waals surface area contributed by atoms with Crippen LogP contribution in [-0.4, -0.2) is 37.2 Å². The summed E-state index contributed by atoms with van der Waals surface area (Å²) in [5.74, 6) is -0.333. The number of nitrogens with one attached hydrogen (secondary N) is 2. The zero-order valence-electron chi connectivity index (χ0n) is 16.3. The van der Waals surface area contributed by atoms with Gasteiger partial charge in [0.25, 0.3) is 5.91 Å². The molecule has 2 aromatic carbocycles. The predicted octanol–water partition coefficient (Wildman–Crippen LogP) is 2.42. The van der Waals surface area contributed by atoms with Gasteiger partial charge in [-0.3, -0.25) is 10.1 Å². The van der Waals surface area contributed by atoms with Gasteiger partial charge in [0.05, 0.1) is 0 Å². The molecule has 2 rings (SSSR count). The molecule has 0 unspecified atom stereocenters. The van der Waals surface area contributed by atoms with Crippen molar-refractivity contribution < 1.29 is 28.6 Å². The molecule has 8 heteroatoms. The van der Waals surface area contributed by atoms with Gasteiger partial charge in [0.1, 0.15) is 18.1 Å². The zero-order chi connectivity index (χ0) is 21.1. The first-order valence-electron chi connectivity index (χ1n) is 9.08. The first-order chi connectivity index (χ1) is 13.9. The Balaban J connectivity index is 1.66. The second-order valence-corrected chi connectivity index (χ2v) is 6.37. The maximum Gasteiger partial charge on any atom is 0.344 e. The van der Waals surface area contributed by atoms with Crippen molar-refractivity contribution in [1.29, 1.82) is 0 Å². The van der Waals surface area contributed by atoms with E-state index in [0.717, 1.165) is 5.56 Å². The van der Waals surface area contributed by atoms with E-state index in [2.05, 4.69) is 5.32 Å². The number of urea groups is 1. The Hall–Kier alpha value is -3.55. The Labute approximate surface area is 169 Å². The van der Waals surface area contributed by atoms with Gasteiger partial charge in [-0.1, -0.05) is 30.3 Å².